The van der Waals surface area contributed by atoms with Crippen LogP contribution in [0.5, 0.6) is 0 Å². The lowest BCUT2D eigenvalue weighted by Crippen LogP contribution is -2.47. The molecule has 0 fully saturated rings. The molecule has 0 aromatic carbocycles. The molecule has 0 radical (unpaired) electrons. The number of urea groups is 1. The minimum absolute atomic E-state index is 0.000417. The second-order valence-electron chi connectivity index (χ2n) is 2.52. The van der Waals surface area contributed by atoms with E-state index in [9.17, 15) is 4.79 Å². The van der Waals surface area contributed by atoms with E-state index in [0.717, 1.165) is 6.42 Å². The largest absolute Gasteiger partial charge is 0.386 e. The quantitative estimate of drug-likeness (QED) is 0.355. The molecule has 2 amide bonds. The summed E-state index contributed by atoms with van der Waals surface area (Å²) in [6, 6.07) is -0.640. The number of rotatable bonds is 4. The Hall–Kier alpha value is -1.26. The molecule has 1 atom stereocenters. The predicted octanol–water partition coefficient (Wildman–Crippen LogP) is 0.0201. The van der Waals surface area contributed by atoms with E-state index < -0.39 is 0 Å². The summed E-state index contributed by atoms with van der Waals surface area (Å²) >= 11 is 0. The van der Waals surface area contributed by atoms with Crippen molar-refractivity contribution in [2.24, 2.45) is 5.73 Å². The van der Waals surface area contributed by atoms with Crippen LogP contribution in [0.4, 0.5) is 4.79 Å². The van der Waals surface area contributed by atoms with Gasteiger partial charge in [0.25, 0.3) is 0 Å². The molecule has 12 heavy (non-hydrogen) atoms. The van der Waals surface area contributed by atoms with Crippen LogP contribution in [0.1, 0.15) is 19.8 Å². The predicted molar refractivity (Wildman–Crippen MR) is 48.2 cm³/mol. The van der Waals surface area contributed by atoms with Gasteiger partial charge in [-0.2, -0.15) is 0 Å². The lowest BCUT2D eigenvalue weighted by molar-refractivity contribution is 0.241. The number of hydrogen-bond acceptors (Lipinski definition) is 2. The third kappa shape index (κ3) is 3.80. The molecule has 0 aliphatic heterocycles. The Morgan fingerprint density at radius 3 is 2.58 bits per heavy atom. The molecular formula is C7H16N4O. The molecule has 0 aliphatic rings. The van der Waals surface area contributed by atoms with Crippen molar-refractivity contribution in [3.05, 3.63) is 0 Å². The van der Waals surface area contributed by atoms with Gasteiger partial charge < -0.3 is 16.4 Å². The summed E-state index contributed by atoms with van der Waals surface area (Å²) in [7, 11) is 1.53. The first-order valence-electron chi connectivity index (χ1n) is 3.94. The minimum atomic E-state index is -0.338. The highest BCUT2D eigenvalue weighted by Crippen LogP contribution is 1.95. The third-order valence-electron chi connectivity index (χ3n) is 1.49. The zero-order valence-electron chi connectivity index (χ0n) is 7.48. The summed E-state index contributed by atoms with van der Waals surface area (Å²) < 4.78 is 0. The summed E-state index contributed by atoms with van der Waals surface area (Å²) in [5.41, 5.74) is 5.27. The van der Waals surface area contributed by atoms with Gasteiger partial charge >= 0.3 is 6.03 Å². The maximum atomic E-state index is 10.8. The van der Waals surface area contributed by atoms with Crippen LogP contribution in [0.2, 0.25) is 0 Å². The molecule has 0 saturated heterocycles. The molecule has 5 N–H and O–H groups in total. The SMILES string of the molecule is CCCC(NC(=O)NC)C(=N)N. The summed E-state index contributed by atoms with van der Waals surface area (Å²) in [4.78, 5) is 10.8. The fourth-order valence-corrected chi connectivity index (χ4v) is 0.825. The van der Waals surface area contributed by atoms with Gasteiger partial charge in [0, 0.05) is 7.05 Å². The average molecular weight is 172 g/mol. The second kappa shape index (κ2) is 5.40. The maximum Gasteiger partial charge on any atom is 0.315 e. The van der Waals surface area contributed by atoms with Gasteiger partial charge in [0.15, 0.2) is 0 Å². The summed E-state index contributed by atoms with van der Waals surface area (Å²) in [5.74, 6) is 0.000417. The third-order valence-corrected chi connectivity index (χ3v) is 1.49. The van der Waals surface area contributed by atoms with Crippen molar-refractivity contribution >= 4 is 11.9 Å². The van der Waals surface area contributed by atoms with E-state index in [1.54, 1.807) is 0 Å². The molecule has 5 nitrogen and oxygen atoms in total. The number of carbonyl (C=O) groups is 1. The van der Waals surface area contributed by atoms with Crippen LogP contribution in [0.15, 0.2) is 0 Å². The molecule has 0 aromatic heterocycles. The minimum Gasteiger partial charge on any atom is -0.386 e. The van der Waals surface area contributed by atoms with E-state index in [4.69, 9.17) is 11.1 Å². The van der Waals surface area contributed by atoms with Crippen molar-refractivity contribution in [1.82, 2.24) is 10.6 Å². The summed E-state index contributed by atoms with van der Waals surface area (Å²) in [5, 5.41) is 12.1. The molecular weight excluding hydrogens is 156 g/mol. The van der Waals surface area contributed by atoms with Crippen LogP contribution in [0, 0.1) is 5.41 Å². The fourth-order valence-electron chi connectivity index (χ4n) is 0.825. The average Bonchev–Trinajstić information content (AvgIpc) is 2.03. The van der Waals surface area contributed by atoms with E-state index in [1.165, 1.54) is 7.05 Å². The topological polar surface area (TPSA) is 91.0 Å². The Morgan fingerprint density at radius 1 is 1.67 bits per heavy atom. The zero-order valence-corrected chi connectivity index (χ0v) is 7.48. The molecule has 0 aromatic rings. The lowest BCUT2D eigenvalue weighted by Gasteiger charge is -2.15. The van der Waals surface area contributed by atoms with E-state index in [-0.39, 0.29) is 17.9 Å². The highest BCUT2D eigenvalue weighted by molar-refractivity contribution is 5.87. The van der Waals surface area contributed by atoms with Crippen LogP contribution in [-0.4, -0.2) is 25.0 Å². The first-order valence-corrected chi connectivity index (χ1v) is 3.94. The van der Waals surface area contributed by atoms with E-state index in [1.807, 2.05) is 6.92 Å². The number of hydrogen-bond donors (Lipinski definition) is 4. The maximum absolute atomic E-state index is 10.8. The van der Waals surface area contributed by atoms with E-state index in [0.29, 0.717) is 6.42 Å². The number of carbonyl (C=O) groups excluding carboxylic acids is 1. The van der Waals surface area contributed by atoms with Crippen molar-refractivity contribution < 1.29 is 4.79 Å². The van der Waals surface area contributed by atoms with Crippen molar-refractivity contribution in [2.45, 2.75) is 25.8 Å². The van der Waals surface area contributed by atoms with Gasteiger partial charge in [-0.05, 0) is 6.42 Å². The van der Waals surface area contributed by atoms with Crippen LogP contribution >= 0.6 is 0 Å². The molecule has 0 saturated carbocycles. The first kappa shape index (κ1) is 10.7. The Morgan fingerprint density at radius 2 is 2.25 bits per heavy atom. The van der Waals surface area contributed by atoms with E-state index in [2.05, 4.69) is 10.6 Å². The number of amidine groups is 1. The fraction of sp³-hybridized carbons (Fsp3) is 0.714. The number of amides is 2. The van der Waals surface area contributed by atoms with Crippen LogP contribution in [-0.2, 0) is 0 Å². The smallest absolute Gasteiger partial charge is 0.315 e. The molecule has 0 bridgehead atoms. The molecule has 1 unspecified atom stereocenters. The van der Waals surface area contributed by atoms with Crippen molar-refractivity contribution in [1.29, 1.82) is 5.41 Å². The van der Waals surface area contributed by atoms with Gasteiger partial charge in [0.2, 0.25) is 0 Å². The molecule has 0 aliphatic carbocycles. The van der Waals surface area contributed by atoms with Gasteiger partial charge in [-0.1, -0.05) is 13.3 Å². The van der Waals surface area contributed by atoms with Crippen LogP contribution < -0.4 is 16.4 Å². The zero-order chi connectivity index (χ0) is 9.56. The van der Waals surface area contributed by atoms with Gasteiger partial charge in [-0.25, -0.2) is 4.79 Å². The van der Waals surface area contributed by atoms with Gasteiger partial charge in [0.05, 0.1) is 6.04 Å². The van der Waals surface area contributed by atoms with Gasteiger partial charge in [-0.15, -0.1) is 0 Å². The molecule has 5 heteroatoms. The standard InChI is InChI=1S/C7H16N4O/c1-3-4-5(6(8)9)11-7(12)10-2/h5H,3-4H2,1-2H3,(H3,8,9)(H2,10,11,12). The van der Waals surface area contributed by atoms with Gasteiger partial charge in [0.1, 0.15) is 5.84 Å². The van der Waals surface area contributed by atoms with Crippen LogP contribution in [0.25, 0.3) is 0 Å². The van der Waals surface area contributed by atoms with Crippen LogP contribution in [0.3, 0.4) is 0 Å². The summed E-state index contributed by atoms with van der Waals surface area (Å²) in [6.45, 7) is 1.97. The number of nitrogens with two attached hydrogens (primary N) is 1. The van der Waals surface area contributed by atoms with Crippen molar-refractivity contribution in [3.8, 4) is 0 Å². The van der Waals surface area contributed by atoms with Crippen molar-refractivity contribution in [3.63, 3.8) is 0 Å². The Labute approximate surface area is 72.2 Å². The second-order valence-corrected chi connectivity index (χ2v) is 2.52. The highest BCUT2D eigenvalue weighted by Gasteiger charge is 2.12. The lowest BCUT2D eigenvalue weighted by atomic mass is 10.1. The first-order chi connectivity index (χ1) is 5.61. The number of nitrogens with one attached hydrogen (secondary N) is 3. The molecule has 0 spiro atoms. The molecule has 0 rings (SSSR count). The molecule has 70 valence electrons. The summed E-state index contributed by atoms with van der Waals surface area (Å²) in [6.07, 6.45) is 1.58. The monoisotopic (exact) mass is 172 g/mol. The Bertz CT molecular complexity index is 167. The van der Waals surface area contributed by atoms with Crippen molar-refractivity contribution in [2.75, 3.05) is 7.05 Å². The normalized spacial score (nSPS) is 11.8. The Balaban J connectivity index is 3.95. The van der Waals surface area contributed by atoms with E-state index >= 15 is 0 Å². The van der Waals surface area contributed by atoms with Gasteiger partial charge in [-0.3, -0.25) is 5.41 Å². The molecule has 0 heterocycles. The highest BCUT2D eigenvalue weighted by atomic mass is 16.2. The Kier molecular flexibility index (Phi) is 4.83.